The first-order valence-corrected chi connectivity index (χ1v) is 13.2. The molecule has 1 aromatic rings. The molecule has 1 saturated heterocycles. The van der Waals surface area contributed by atoms with Gasteiger partial charge in [0.1, 0.15) is 11.9 Å². The maximum Gasteiger partial charge on any atom is 0.245 e. The summed E-state index contributed by atoms with van der Waals surface area (Å²) in [5.41, 5.74) is 6.84. The molecule has 0 aromatic heterocycles. The lowest BCUT2D eigenvalue weighted by atomic mass is 9.79. The predicted molar refractivity (Wildman–Crippen MR) is 139 cm³/mol. The number of piperazine rings is 1. The molecule has 36 heavy (non-hydrogen) atoms. The van der Waals surface area contributed by atoms with Gasteiger partial charge in [-0.25, -0.2) is 4.39 Å². The number of carbonyl (C=O) groups is 3. The summed E-state index contributed by atoms with van der Waals surface area (Å²) in [7, 11) is 2.01. The van der Waals surface area contributed by atoms with Crippen LogP contribution >= 0.6 is 0 Å². The molecular formula is C27H42FN5O3. The summed E-state index contributed by atoms with van der Waals surface area (Å²) in [6.07, 6.45) is 4.16. The summed E-state index contributed by atoms with van der Waals surface area (Å²) in [6, 6.07) is 3.05. The van der Waals surface area contributed by atoms with E-state index in [9.17, 15) is 14.4 Å². The molecule has 1 aliphatic carbocycles. The van der Waals surface area contributed by atoms with Crippen LogP contribution in [0.1, 0.15) is 64.4 Å². The van der Waals surface area contributed by atoms with Crippen molar-refractivity contribution in [2.45, 2.75) is 70.9 Å². The number of rotatable bonds is 8. The van der Waals surface area contributed by atoms with Gasteiger partial charge in [0.05, 0.1) is 11.7 Å². The first-order chi connectivity index (χ1) is 17.1. The highest BCUT2D eigenvalue weighted by molar-refractivity contribution is 5.95. The molecule has 4 N–H and O–H groups in total. The number of hydrogen-bond donors (Lipinski definition) is 3. The van der Waals surface area contributed by atoms with E-state index in [0.717, 1.165) is 38.8 Å². The molecule has 2 fully saturated rings. The van der Waals surface area contributed by atoms with Gasteiger partial charge in [0.15, 0.2) is 0 Å². The number of nitrogens with one attached hydrogen (secondary N) is 2. The van der Waals surface area contributed by atoms with Crippen molar-refractivity contribution in [3.05, 3.63) is 29.6 Å². The zero-order chi connectivity index (χ0) is 26.4. The lowest BCUT2D eigenvalue weighted by Gasteiger charge is -2.36. The van der Waals surface area contributed by atoms with E-state index in [0.29, 0.717) is 24.6 Å². The van der Waals surface area contributed by atoms with Gasteiger partial charge >= 0.3 is 0 Å². The Bertz CT molecular complexity index is 926. The van der Waals surface area contributed by atoms with Crippen LogP contribution in [0, 0.1) is 17.7 Å². The van der Waals surface area contributed by atoms with E-state index >= 15 is 4.39 Å². The average molecular weight is 504 g/mol. The Labute approximate surface area is 214 Å². The van der Waals surface area contributed by atoms with Crippen molar-refractivity contribution in [2.24, 2.45) is 17.6 Å². The Morgan fingerprint density at radius 1 is 1.11 bits per heavy atom. The fourth-order valence-electron chi connectivity index (χ4n) is 5.08. The lowest BCUT2D eigenvalue weighted by Crippen LogP contribution is -2.55. The van der Waals surface area contributed by atoms with Gasteiger partial charge < -0.3 is 26.2 Å². The Kier molecular flexibility index (Phi) is 9.84. The highest BCUT2D eigenvalue weighted by atomic mass is 19.1. The van der Waals surface area contributed by atoms with E-state index < -0.39 is 23.8 Å². The molecule has 0 spiro atoms. The molecule has 3 atom stereocenters. The molecule has 1 heterocycles. The van der Waals surface area contributed by atoms with Crippen LogP contribution in [0.4, 0.5) is 10.1 Å². The fourth-order valence-corrected chi connectivity index (χ4v) is 5.08. The molecule has 9 heteroatoms. The van der Waals surface area contributed by atoms with Crippen molar-refractivity contribution in [1.29, 1.82) is 0 Å². The molecule has 200 valence electrons. The number of likely N-dealkylation sites (N-methyl/N-ethyl adjacent to an activating group) is 1. The van der Waals surface area contributed by atoms with Crippen molar-refractivity contribution < 1.29 is 18.8 Å². The standard InChI is InChI=1S/C27H42FN5O3/c1-5-23(34)31-25(27(36)33-14-12-32(4)13-15-33)18(3)20-10-11-22(21(28)16-20)30-26(35)24(29)19-8-6-17(2)7-9-19/h10-11,16-19,24-25H,5-9,12-15,29H2,1-4H3,(H,30,35)(H,31,34)/t17?,18-,19?,24-,25+/m0/s1. The molecule has 2 aliphatic rings. The Hall–Kier alpha value is -2.52. The van der Waals surface area contributed by atoms with Crippen molar-refractivity contribution in [2.75, 3.05) is 38.5 Å². The first-order valence-electron chi connectivity index (χ1n) is 13.2. The van der Waals surface area contributed by atoms with E-state index in [1.807, 2.05) is 14.0 Å². The van der Waals surface area contributed by atoms with Gasteiger partial charge in [-0.1, -0.05) is 39.7 Å². The topological polar surface area (TPSA) is 108 Å². The van der Waals surface area contributed by atoms with Gasteiger partial charge in [-0.15, -0.1) is 0 Å². The Morgan fingerprint density at radius 2 is 1.75 bits per heavy atom. The number of carbonyl (C=O) groups excluding carboxylic acids is 3. The number of nitrogens with two attached hydrogens (primary N) is 1. The largest absolute Gasteiger partial charge is 0.344 e. The van der Waals surface area contributed by atoms with Crippen LogP contribution in [0.15, 0.2) is 18.2 Å². The second kappa shape index (κ2) is 12.6. The zero-order valence-electron chi connectivity index (χ0n) is 22.1. The summed E-state index contributed by atoms with van der Waals surface area (Å²) in [4.78, 5) is 42.2. The molecule has 1 aromatic carbocycles. The number of benzene rings is 1. The maximum absolute atomic E-state index is 15.1. The quantitative estimate of drug-likeness (QED) is 0.506. The predicted octanol–water partition coefficient (Wildman–Crippen LogP) is 2.69. The third-order valence-electron chi connectivity index (χ3n) is 7.87. The molecule has 1 saturated carbocycles. The van der Waals surface area contributed by atoms with E-state index in [-0.39, 0.29) is 35.7 Å². The maximum atomic E-state index is 15.1. The molecule has 3 amide bonds. The molecule has 0 radical (unpaired) electrons. The third kappa shape index (κ3) is 7.03. The van der Waals surface area contributed by atoms with Crippen molar-refractivity contribution in [3.63, 3.8) is 0 Å². The van der Waals surface area contributed by atoms with Crippen LogP contribution in [0.3, 0.4) is 0 Å². The monoisotopic (exact) mass is 503 g/mol. The Balaban J connectivity index is 1.71. The van der Waals surface area contributed by atoms with Gasteiger partial charge in [0.25, 0.3) is 0 Å². The minimum atomic E-state index is -0.803. The number of nitrogens with zero attached hydrogens (tertiary/aromatic N) is 2. The molecule has 1 aliphatic heterocycles. The van der Waals surface area contributed by atoms with Crippen molar-refractivity contribution >= 4 is 23.4 Å². The minimum absolute atomic E-state index is 0.0649. The van der Waals surface area contributed by atoms with Crippen LogP contribution in [0.25, 0.3) is 0 Å². The number of amides is 3. The smallest absolute Gasteiger partial charge is 0.245 e. The summed E-state index contributed by atoms with van der Waals surface area (Å²) in [5, 5.41) is 5.49. The summed E-state index contributed by atoms with van der Waals surface area (Å²) >= 11 is 0. The molecule has 0 bridgehead atoms. The lowest BCUT2D eigenvalue weighted by molar-refractivity contribution is -0.138. The average Bonchev–Trinajstić information content (AvgIpc) is 2.87. The summed E-state index contributed by atoms with van der Waals surface area (Å²) in [6.45, 7) is 8.44. The second-order valence-electron chi connectivity index (χ2n) is 10.6. The number of anilines is 1. The molecule has 8 nitrogen and oxygen atoms in total. The van der Waals surface area contributed by atoms with E-state index in [2.05, 4.69) is 22.5 Å². The van der Waals surface area contributed by atoms with Crippen LogP contribution in [0.5, 0.6) is 0 Å². The van der Waals surface area contributed by atoms with E-state index in [4.69, 9.17) is 5.73 Å². The number of halogens is 1. The van der Waals surface area contributed by atoms with Crippen LogP contribution in [0.2, 0.25) is 0 Å². The van der Waals surface area contributed by atoms with Gasteiger partial charge in [-0.05, 0) is 49.4 Å². The van der Waals surface area contributed by atoms with Gasteiger partial charge in [-0.2, -0.15) is 0 Å². The third-order valence-corrected chi connectivity index (χ3v) is 7.87. The minimum Gasteiger partial charge on any atom is -0.344 e. The normalized spacial score (nSPS) is 23.4. The second-order valence-corrected chi connectivity index (χ2v) is 10.6. The highest BCUT2D eigenvalue weighted by Gasteiger charge is 2.33. The molecular weight excluding hydrogens is 461 g/mol. The van der Waals surface area contributed by atoms with Gasteiger partial charge in [-0.3, -0.25) is 14.4 Å². The van der Waals surface area contributed by atoms with Crippen molar-refractivity contribution in [3.8, 4) is 0 Å². The zero-order valence-corrected chi connectivity index (χ0v) is 22.1. The van der Waals surface area contributed by atoms with E-state index in [1.54, 1.807) is 17.9 Å². The van der Waals surface area contributed by atoms with Gasteiger partial charge in [0, 0.05) is 38.5 Å². The van der Waals surface area contributed by atoms with Gasteiger partial charge in [0.2, 0.25) is 17.7 Å². The SMILES string of the molecule is CCC(=O)N[C@@H](C(=O)N1CCN(C)CC1)[C@@H](C)c1ccc(NC(=O)[C@@H](N)C2CCC(C)CC2)c(F)c1. The summed E-state index contributed by atoms with van der Waals surface area (Å²) in [5.74, 6) is -1.08. The molecule has 0 unspecified atom stereocenters. The van der Waals surface area contributed by atoms with Crippen molar-refractivity contribution in [1.82, 2.24) is 15.1 Å². The van der Waals surface area contributed by atoms with Crippen LogP contribution < -0.4 is 16.4 Å². The fraction of sp³-hybridized carbons (Fsp3) is 0.667. The molecule has 3 rings (SSSR count). The first kappa shape index (κ1) is 28.1. The number of hydrogen-bond acceptors (Lipinski definition) is 5. The Morgan fingerprint density at radius 3 is 2.33 bits per heavy atom. The van der Waals surface area contributed by atoms with Crippen LogP contribution in [-0.4, -0.2) is 72.8 Å². The van der Waals surface area contributed by atoms with E-state index in [1.165, 1.54) is 12.1 Å². The summed E-state index contributed by atoms with van der Waals surface area (Å²) < 4.78 is 15.1. The highest BCUT2D eigenvalue weighted by Crippen LogP contribution is 2.31. The van der Waals surface area contributed by atoms with Crippen LogP contribution in [-0.2, 0) is 14.4 Å².